The third-order valence-corrected chi connectivity index (χ3v) is 6.26. The molecule has 2 aromatic rings. The Kier molecular flexibility index (Phi) is 5.94. The number of hydrogen-bond acceptors (Lipinski definition) is 3. The molecule has 5 heteroatoms. The van der Waals surface area contributed by atoms with Crippen LogP contribution in [0.5, 0.6) is 0 Å². The van der Waals surface area contributed by atoms with Crippen LogP contribution >= 0.6 is 11.3 Å². The van der Waals surface area contributed by atoms with E-state index in [4.69, 9.17) is 0 Å². The van der Waals surface area contributed by atoms with E-state index in [0.29, 0.717) is 6.54 Å². The van der Waals surface area contributed by atoms with Crippen molar-refractivity contribution in [1.82, 2.24) is 9.80 Å². The van der Waals surface area contributed by atoms with Crippen LogP contribution < -0.4 is 0 Å². The van der Waals surface area contributed by atoms with E-state index in [-0.39, 0.29) is 30.3 Å². The van der Waals surface area contributed by atoms with Gasteiger partial charge in [-0.15, -0.1) is 11.3 Å². The summed E-state index contributed by atoms with van der Waals surface area (Å²) < 4.78 is 0. The Labute approximate surface area is 172 Å². The maximum Gasteiger partial charge on any atom is 0.243 e. The molecular formula is C23H30N2O2S. The van der Waals surface area contributed by atoms with Crippen LogP contribution in [0.25, 0.3) is 0 Å². The zero-order chi connectivity index (χ0) is 20.5. The van der Waals surface area contributed by atoms with Crippen molar-refractivity contribution in [3.63, 3.8) is 0 Å². The second-order valence-corrected chi connectivity index (χ2v) is 9.70. The molecular weight excluding hydrogens is 368 g/mol. The number of benzene rings is 1. The van der Waals surface area contributed by atoms with E-state index < -0.39 is 5.54 Å². The Bertz CT molecular complexity index is 836. The molecule has 0 radical (unpaired) electrons. The second-order valence-electron chi connectivity index (χ2n) is 8.70. The average Bonchev–Trinajstić information content (AvgIpc) is 3.13. The number of carbonyl (C=O) groups is 2. The maximum absolute atomic E-state index is 13.4. The summed E-state index contributed by atoms with van der Waals surface area (Å²) in [5.41, 5.74) is 1.93. The standard InChI is InChI=1S/C23H30N2O2S/c1-16(2)22(27)25(23(3,4)5)15-20(26)24-13-11-19-18(12-14-28-19)21(24)17-9-7-6-8-10-17/h6-10,12,14,16,21H,11,13,15H2,1-5H3/t21-/m1/s1. The van der Waals surface area contributed by atoms with Crippen molar-refractivity contribution in [3.05, 3.63) is 57.8 Å². The van der Waals surface area contributed by atoms with E-state index in [1.807, 2.05) is 57.7 Å². The lowest BCUT2D eigenvalue weighted by Crippen LogP contribution is -2.53. The van der Waals surface area contributed by atoms with Crippen molar-refractivity contribution in [2.75, 3.05) is 13.1 Å². The molecule has 0 unspecified atom stereocenters. The molecule has 0 saturated heterocycles. The van der Waals surface area contributed by atoms with E-state index in [1.54, 1.807) is 16.2 Å². The smallest absolute Gasteiger partial charge is 0.243 e. The van der Waals surface area contributed by atoms with Crippen molar-refractivity contribution in [1.29, 1.82) is 0 Å². The molecule has 0 aliphatic carbocycles. The summed E-state index contributed by atoms with van der Waals surface area (Å²) in [6, 6.07) is 12.2. The van der Waals surface area contributed by atoms with Crippen molar-refractivity contribution < 1.29 is 9.59 Å². The highest BCUT2D eigenvalue weighted by atomic mass is 32.1. The van der Waals surface area contributed by atoms with Crippen LogP contribution in [0.3, 0.4) is 0 Å². The molecule has 1 aromatic heterocycles. The largest absolute Gasteiger partial charge is 0.330 e. The molecule has 0 spiro atoms. The molecule has 0 N–H and O–H groups in total. The molecule has 3 rings (SSSR count). The summed E-state index contributed by atoms with van der Waals surface area (Å²) in [6.07, 6.45) is 0.871. The number of hydrogen-bond donors (Lipinski definition) is 0. The van der Waals surface area contributed by atoms with E-state index in [0.717, 1.165) is 12.0 Å². The van der Waals surface area contributed by atoms with Gasteiger partial charge < -0.3 is 9.80 Å². The Morgan fingerprint density at radius 2 is 1.86 bits per heavy atom. The Morgan fingerprint density at radius 3 is 2.46 bits per heavy atom. The molecule has 1 aliphatic rings. The van der Waals surface area contributed by atoms with Crippen LogP contribution in [0.4, 0.5) is 0 Å². The molecule has 2 heterocycles. The first-order valence-electron chi connectivity index (χ1n) is 9.92. The first kappa shape index (κ1) is 20.6. The molecule has 1 atom stereocenters. The number of carbonyl (C=O) groups excluding carboxylic acids is 2. The monoisotopic (exact) mass is 398 g/mol. The van der Waals surface area contributed by atoms with Crippen LogP contribution in [0.2, 0.25) is 0 Å². The minimum Gasteiger partial charge on any atom is -0.330 e. The van der Waals surface area contributed by atoms with Gasteiger partial charge in [0.15, 0.2) is 0 Å². The Morgan fingerprint density at radius 1 is 1.18 bits per heavy atom. The third-order valence-electron chi connectivity index (χ3n) is 5.26. The predicted octanol–water partition coefficient (Wildman–Crippen LogP) is 4.51. The van der Waals surface area contributed by atoms with Gasteiger partial charge >= 0.3 is 0 Å². The lowest BCUT2D eigenvalue weighted by molar-refractivity contribution is -0.147. The molecule has 1 aromatic carbocycles. The van der Waals surface area contributed by atoms with Gasteiger partial charge in [0.25, 0.3) is 0 Å². The fourth-order valence-corrected chi connectivity index (χ4v) is 4.67. The summed E-state index contributed by atoms with van der Waals surface area (Å²) >= 11 is 1.76. The molecule has 0 fully saturated rings. The van der Waals surface area contributed by atoms with Crippen molar-refractivity contribution in [3.8, 4) is 0 Å². The van der Waals surface area contributed by atoms with Crippen LogP contribution in [-0.4, -0.2) is 40.2 Å². The molecule has 28 heavy (non-hydrogen) atoms. The molecule has 0 bridgehead atoms. The molecule has 4 nitrogen and oxygen atoms in total. The summed E-state index contributed by atoms with van der Waals surface area (Å²) in [7, 11) is 0. The van der Waals surface area contributed by atoms with E-state index in [1.165, 1.54) is 10.4 Å². The average molecular weight is 399 g/mol. The fourth-order valence-electron chi connectivity index (χ4n) is 3.76. The summed E-state index contributed by atoms with van der Waals surface area (Å²) in [5.74, 6) is -0.109. The zero-order valence-corrected chi connectivity index (χ0v) is 18.3. The second kappa shape index (κ2) is 8.08. The van der Waals surface area contributed by atoms with Gasteiger partial charge in [0.1, 0.15) is 6.54 Å². The van der Waals surface area contributed by atoms with Crippen molar-refractivity contribution in [2.45, 2.75) is 52.6 Å². The normalized spacial score (nSPS) is 16.8. The summed E-state index contributed by atoms with van der Waals surface area (Å²) in [5, 5.41) is 2.11. The highest BCUT2D eigenvalue weighted by Crippen LogP contribution is 2.38. The van der Waals surface area contributed by atoms with Gasteiger partial charge in [-0.05, 0) is 49.8 Å². The number of nitrogens with zero attached hydrogens (tertiary/aromatic N) is 2. The van der Waals surface area contributed by atoms with Gasteiger partial charge in [0.05, 0.1) is 6.04 Å². The van der Waals surface area contributed by atoms with Gasteiger partial charge in [0, 0.05) is 22.9 Å². The summed E-state index contributed by atoms with van der Waals surface area (Å²) in [4.78, 5) is 31.2. The van der Waals surface area contributed by atoms with Gasteiger partial charge in [-0.3, -0.25) is 9.59 Å². The van der Waals surface area contributed by atoms with Gasteiger partial charge in [-0.25, -0.2) is 0 Å². The maximum atomic E-state index is 13.4. The molecule has 2 amide bonds. The SMILES string of the molecule is CC(C)C(=O)N(CC(=O)N1CCc2sccc2[C@H]1c1ccccc1)C(C)(C)C. The van der Waals surface area contributed by atoms with E-state index in [9.17, 15) is 9.59 Å². The lowest BCUT2D eigenvalue weighted by atomic mass is 9.93. The number of amides is 2. The van der Waals surface area contributed by atoms with E-state index >= 15 is 0 Å². The Balaban J connectivity index is 1.92. The fraction of sp³-hybridized carbons (Fsp3) is 0.478. The first-order valence-corrected chi connectivity index (χ1v) is 10.8. The lowest BCUT2D eigenvalue weighted by Gasteiger charge is -2.41. The topological polar surface area (TPSA) is 40.6 Å². The van der Waals surface area contributed by atoms with Crippen molar-refractivity contribution in [2.24, 2.45) is 5.92 Å². The minimum atomic E-state index is -0.400. The van der Waals surface area contributed by atoms with Gasteiger partial charge in [-0.1, -0.05) is 44.2 Å². The molecule has 1 aliphatic heterocycles. The minimum absolute atomic E-state index is 0.00891. The van der Waals surface area contributed by atoms with Crippen LogP contribution in [-0.2, 0) is 16.0 Å². The highest BCUT2D eigenvalue weighted by Gasteiger charge is 2.36. The Hall–Kier alpha value is -2.14. The summed E-state index contributed by atoms with van der Waals surface area (Å²) in [6.45, 7) is 10.5. The highest BCUT2D eigenvalue weighted by molar-refractivity contribution is 7.10. The predicted molar refractivity (Wildman–Crippen MR) is 114 cm³/mol. The van der Waals surface area contributed by atoms with Crippen molar-refractivity contribution >= 4 is 23.2 Å². The molecule has 0 saturated carbocycles. The third kappa shape index (κ3) is 4.14. The number of thiophene rings is 1. The number of rotatable bonds is 4. The first-order chi connectivity index (χ1) is 13.2. The van der Waals surface area contributed by atoms with Gasteiger partial charge in [0.2, 0.25) is 11.8 Å². The quantitative estimate of drug-likeness (QED) is 0.760. The number of fused-ring (bicyclic) bond motifs is 1. The zero-order valence-electron chi connectivity index (χ0n) is 17.4. The van der Waals surface area contributed by atoms with Crippen LogP contribution in [0.15, 0.2) is 41.8 Å². The van der Waals surface area contributed by atoms with Crippen LogP contribution in [0, 0.1) is 5.92 Å². The van der Waals surface area contributed by atoms with E-state index in [2.05, 4.69) is 23.6 Å². The molecule has 150 valence electrons. The van der Waals surface area contributed by atoms with Crippen LogP contribution in [0.1, 0.15) is 56.7 Å². The van der Waals surface area contributed by atoms with Gasteiger partial charge in [-0.2, -0.15) is 0 Å².